The van der Waals surface area contributed by atoms with Crippen LogP contribution < -0.4 is 0 Å². The molecule has 0 N–H and O–H groups in total. The second-order valence-electron chi connectivity index (χ2n) is 6.39. The lowest BCUT2D eigenvalue weighted by Crippen LogP contribution is -2.11. The molecule has 0 aromatic rings. The maximum atomic E-state index is 11.5. The number of carbonyl (C=O) groups excluding carboxylic acids is 2. The molecular weight excluding hydrogens is 292 g/mol. The highest BCUT2D eigenvalue weighted by Gasteiger charge is 2.07. The van der Waals surface area contributed by atoms with Crippen LogP contribution in [-0.4, -0.2) is 25.2 Å². The van der Waals surface area contributed by atoms with Crippen molar-refractivity contribution in [1.82, 2.24) is 0 Å². The van der Waals surface area contributed by atoms with Crippen molar-refractivity contribution in [3.05, 3.63) is 0 Å². The van der Waals surface area contributed by atoms with Crippen molar-refractivity contribution in [3.8, 4) is 0 Å². The van der Waals surface area contributed by atoms with E-state index < -0.39 is 0 Å². The number of carbonyl (C=O) groups is 2. The van der Waals surface area contributed by atoms with Crippen molar-refractivity contribution in [1.29, 1.82) is 0 Å². The van der Waals surface area contributed by atoms with E-state index in [0.717, 1.165) is 19.3 Å². The Morgan fingerprint density at radius 3 is 1.96 bits per heavy atom. The number of unbranched alkanes of at least 4 members (excludes halogenated alkanes) is 6. The molecule has 0 heterocycles. The van der Waals surface area contributed by atoms with Gasteiger partial charge in [-0.1, -0.05) is 59.3 Å². The molecule has 0 fully saturated rings. The second kappa shape index (κ2) is 15.8. The van der Waals surface area contributed by atoms with Crippen molar-refractivity contribution >= 4 is 11.9 Å². The maximum absolute atomic E-state index is 11.5. The number of hydrogen-bond acceptors (Lipinski definition) is 4. The molecule has 0 bridgehead atoms. The number of esters is 2. The first kappa shape index (κ1) is 21.9. The van der Waals surface area contributed by atoms with Crippen LogP contribution in [0.25, 0.3) is 0 Å². The summed E-state index contributed by atoms with van der Waals surface area (Å²) >= 11 is 0. The molecule has 4 nitrogen and oxygen atoms in total. The highest BCUT2D eigenvalue weighted by molar-refractivity contribution is 5.70. The summed E-state index contributed by atoms with van der Waals surface area (Å²) in [7, 11) is 0. The van der Waals surface area contributed by atoms with Crippen LogP contribution in [0, 0.1) is 5.92 Å². The van der Waals surface area contributed by atoms with E-state index in [9.17, 15) is 9.59 Å². The van der Waals surface area contributed by atoms with Crippen LogP contribution in [0.5, 0.6) is 0 Å². The van der Waals surface area contributed by atoms with E-state index in [-0.39, 0.29) is 11.9 Å². The molecule has 0 rings (SSSR count). The number of hydrogen-bond donors (Lipinski definition) is 0. The maximum Gasteiger partial charge on any atom is 0.305 e. The lowest BCUT2D eigenvalue weighted by atomic mass is 10.1. The fourth-order valence-electron chi connectivity index (χ4n) is 2.10. The zero-order valence-corrected chi connectivity index (χ0v) is 15.4. The molecule has 0 aliphatic rings. The first-order chi connectivity index (χ1) is 11.1. The van der Waals surface area contributed by atoms with Gasteiger partial charge in [0.05, 0.1) is 13.2 Å². The second-order valence-corrected chi connectivity index (χ2v) is 6.39. The molecule has 0 spiro atoms. The molecule has 136 valence electrons. The van der Waals surface area contributed by atoms with Crippen LogP contribution in [0.1, 0.15) is 91.4 Å². The lowest BCUT2D eigenvalue weighted by molar-refractivity contribution is -0.146. The topological polar surface area (TPSA) is 52.6 Å². The van der Waals surface area contributed by atoms with Gasteiger partial charge in [0.25, 0.3) is 0 Å². The summed E-state index contributed by atoms with van der Waals surface area (Å²) in [5.74, 6) is 0.105. The van der Waals surface area contributed by atoms with Crippen LogP contribution in [0.2, 0.25) is 0 Å². The Labute approximate surface area is 142 Å². The summed E-state index contributed by atoms with van der Waals surface area (Å²) in [6.45, 7) is 7.37. The smallest absolute Gasteiger partial charge is 0.305 e. The van der Waals surface area contributed by atoms with Gasteiger partial charge in [-0.25, -0.2) is 0 Å². The van der Waals surface area contributed by atoms with Crippen LogP contribution in [-0.2, 0) is 19.1 Å². The van der Waals surface area contributed by atoms with E-state index >= 15 is 0 Å². The molecule has 1 atom stereocenters. The molecule has 0 aliphatic carbocycles. The molecule has 0 aliphatic heterocycles. The summed E-state index contributed by atoms with van der Waals surface area (Å²) in [6.07, 6.45) is 10.3. The average Bonchev–Trinajstić information content (AvgIpc) is 2.55. The van der Waals surface area contributed by atoms with Gasteiger partial charge in [0.2, 0.25) is 0 Å². The predicted octanol–water partition coefficient (Wildman–Crippen LogP) is 5.04. The first-order valence-electron chi connectivity index (χ1n) is 9.41. The van der Waals surface area contributed by atoms with Gasteiger partial charge in [-0.15, -0.1) is 0 Å². The molecule has 23 heavy (non-hydrogen) atoms. The normalized spacial score (nSPS) is 12.0. The van der Waals surface area contributed by atoms with Crippen molar-refractivity contribution in [2.45, 2.75) is 91.4 Å². The van der Waals surface area contributed by atoms with Gasteiger partial charge in [-0.3, -0.25) is 9.59 Å². The zero-order chi connectivity index (χ0) is 17.3. The van der Waals surface area contributed by atoms with Gasteiger partial charge >= 0.3 is 11.9 Å². The molecule has 0 saturated heterocycles. The zero-order valence-electron chi connectivity index (χ0n) is 15.4. The van der Waals surface area contributed by atoms with Crippen molar-refractivity contribution in [2.24, 2.45) is 5.92 Å². The van der Waals surface area contributed by atoms with Crippen LogP contribution in [0.15, 0.2) is 0 Å². The Balaban J connectivity index is 3.37. The van der Waals surface area contributed by atoms with Gasteiger partial charge in [0.15, 0.2) is 0 Å². The monoisotopic (exact) mass is 328 g/mol. The van der Waals surface area contributed by atoms with Crippen LogP contribution in [0.4, 0.5) is 0 Å². The van der Waals surface area contributed by atoms with Crippen molar-refractivity contribution in [2.75, 3.05) is 13.2 Å². The standard InChI is InChI=1S/C19H36O4/c1-4-6-7-8-9-12-15-22-18(20)13-10-11-14-19(21)23-16-17(3)5-2/h17H,4-16H2,1-3H3. The molecule has 0 saturated carbocycles. The SMILES string of the molecule is CCCCCCCCOC(=O)CCCCC(=O)OCC(C)CC. The van der Waals surface area contributed by atoms with Crippen LogP contribution in [0.3, 0.4) is 0 Å². The van der Waals surface area contributed by atoms with Gasteiger partial charge in [-0.2, -0.15) is 0 Å². The minimum atomic E-state index is -0.161. The minimum Gasteiger partial charge on any atom is -0.466 e. The Kier molecular flexibility index (Phi) is 15.1. The van der Waals surface area contributed by atoms with Gasteiger partial charge < -0.3 is 9.47 Å². The predicted molar refractivity (Wildman–Crippen MR) is 93.2 cm³/mol. The summed E-state index contributed by atoms with van der Waals surface area (Å²) in [6, 6.07) is 0. The molecule has 1 unspecified atom stereocenters. The average molecular weight is 328 g/mol. The Morgan fingerprint density at radius 2 is 1.35 bits per heavy atom. The van der Waals surface area contributed by atoms with Crippen LogP contribution >= 0.6 is 0 Å². The van der Waals surface area contributed by atoms with E-state index in [2.05, 4.69) is 20.8 Å². The Morgan fingerprint density at radius 1 is 0.783 bits per heavy atom. The molecule has 0 aromatic heterocycles. The molecule has 0 aromatic carbocycles. The fourth-order valence-corrected chi connectivity index (χ4v) is 2.10. The van der Waals surface area contributed by atoms with Crippen molar-refractivity contribution in [3.63, 3.8) is 0 Å². The van der Waals surface area contributed by atoms with Crippen molar-refractivity contribution < 1.29 is 19.1 Å². The minimum absolute atomic E-state index is 0.147. The molecular formula is C19H36O4. The first-order valence-corrected chi connectivity index (χ1v) is 9.41. The third-order valence-corrected chi connectivity index (χ3v) is 4.00. The Hall–Kier alpha value is -1.06. The largest absolute Gasteiger partial charge is 0.466 e. The van der Waals surface area contributed by atoms with E-state index in [1.807, 2.05) is 0 Å². The summed E-state index contributed by atoms with van der Waals surface area (Å²) in [4.78, 5) is 23.0. The van der Waals surface area contributed by atoms with Gasteiger partial charge in [0, 0.05) is 12.8 Å². The summed E-state index contributed by atoms with van der Waals surface area (Å²) in [5.41, 5.74) is 0. The highest BCUT2D eigenvalue weighted by Crippen LogP contribution is 2.07. The van der Waals surface area contributed by atoms with E-state index in [1.54, 1.807) is 0 Å². The Bertz CT molecular complexity index is 302. The van der Waals surface area contributed by atoms with Gasteiger partial charge in [0.1, 0.15) is 0 Å². The lowest BCUT2D eigenvalue weighted by Gasteiger charge is -2.09. The fraction of sp³-hybridized carbons (Fsp3) is 0.895. The van der Waals surface area contributed by atoms with E-state index in [1.165, 1.54) is 25.7 Å². The van der Waals surface area contributed by atoms with Gasteiger partial charge in [-0.05, 0) is 25.2 Å². The molecule has 0 radical (unpaired) electrons. The number of rotatable bonds is 15. The molecule has 4 heteroatoms. The third-order valence-electron chi connectivity index (χ3n) is 4.00. The van der Waals surface area contributed by atoms with E-state index in [4.69, 9.17) is 9.47 Å². The highest BCUT2D eigenvalue weighted by atomic mass is 16.5. The number of ether oxygens (including phenoxy) is 2. The summed E-state index contributed by atoms with van der Waals surface area (Å²) < 4.78 is 10.4. The van der Waals surface area contributed by atoms with E-state index in [0.29, 0.717) is 44.8 Å². The third kappa shape index (κ3) is 15.6. The molecule has 0 amide bonds. The summed E-state index contributed by atoms with van der Waals surface area (Å²) in [5, 5.41) is 0. The quantitative estimate of drug-likeness (QED) is 0.312.